The van der Waals surface area contributed by atoms with Gasteiger partial charge >= 0.3 is 0 Å². The lowest BCUT2D eigenvalue weighted by Gasteiger charge is -2.06. The van der Waals surface area contributed by atoms with E-state index in [1.807, 2.05) is 0 Å². The van der Waals surface area contributed by atoms with Crippen molar-refractivity contribution in [3.63, 3.8) is 0 Å². The average molecular weight is 236 g/mol. The molecular formula is C10H9FN4O2. The first-order valence-corrected chi connectivity index (χ1v) is 4.80. The second kappa shape index (κ2) is 4.69. The van der Waals surface area contributed by atoms with Gasteiger partial charge in [-0.2, -0.15) is 4.80 Å². The van der Waals surface area contributed by atoms with Crippen LogP contribution in [-0.2, 0) is 13.7 Å². The number of carbonyl (C=O) groups is 1. The summed E-state index contributed by atoms with van der Waals surface area (Å²) < 4.78 is 18.6. The SMILES string of the molecule is Cn1nnc(COc2c(F)cccc2C=O)n1. The third kappa shape index (κ3) is 2.44. The standard InChI is InChI=1S/C10H9FN4O2/c1-15-13-9(12-14-15)6-17-10-7(5-16)3-2-4-8(10)11/h2-5H,6H2,1H3. The summed E-state index contributed by atoms with van der Waals surface area (Å²) in [4.78, 5) is 12.0. The highest BCUT2D eigenvalue weighted by Gasteiger charge is 2.10. The third-order valence-electron chi connectivity index (χ3n) is 2.02. The van der Waals surface area contributed by atoms with Crippen molar-refractivity contribution in [3.05, 3.63) is 35.4 Å². The van der Waals surface area contributed by atoms with Crippen LogP contribution in [0.3, 0.4) is 0 Å². The average Bonchev–Trinajstić information content (AvgIpc) is 2.73. The highest BCUT2D eigenvalue weighted by atomic mass is 19.1. The Bertz CT molecular complexity index is 541. The van der Waals surface area contributed by atoms with Crippen molar-refractivity contribution in [1.29, 1.82) is 0 Å². The molecule has 1 heterocycles. The fourth-order valence-electron chi connectivity index (χ4n) is 1.29. The van der Waals surface area contributed by atoms with Gasteiger partial charge in [-0.15, -0.1) is 10.2 Å². The number of hydrogen-bond donors (Lipinski definition) is 0. The first-order valence-electron chi connectivity index (χ1n) is 4.80. The van der Waals surface area contributed by atoms with Crippen LogP contribution in [0.15, 0.2) is 18.2 Å². The van der Waals surface area contributed by atoms with Gasteiger partial charge in [0.2, 0.25) is 5.82 Å². The maximum absolute atomic E-state index is 13.4. The Kier molecular flexibility index (Phi) is 3.08. The van der Waals surface area contributed by atoms with Gasteiger partial charge in [0.1, 0.15) is 0 Å². The monoisotopic (exact) mass is 236 g/mol. The molecule has 0 aliphatic heterocycles. The van der Waals surface area contributed by atoms with Crippen molar-refractivity contribution in [3.8, 4) is 5.75 Å². The highest BCUT2D eigenvalue weighted by Crippen LogP contribution is 2.21. The van der Waals surface area contributed by atoms with E-state index in [4.69, 9.17) is 4.74 Å². The van der Waals surface area contributed by atoms with Crippen molar-refractivity contribution in [2.45, 2.75) is 6.61 Å². The van der Waals surface area contributed by atoms with Crippen molar-refractivity contribution in [2.24, 2.45) is 7.05 Å². The number of ether oxygens (including phenoxy) is 1. The smallest absolute Gasteiger partial charge is 0.212 e. The van der Waals surface area contributed by atoms with E-state index < -0.39 is 5.82 Å². The van der Waals surface area contributed by atoms with E-state index in [2.05, 4.69) is 15.4 Å². The number of halogens is 1. The van der Waals surface area contributed by atoms with E-state index in [1.165, 1.54) is 23.0 Å². The lowest BCUT2D eigenvalue weighted by atomic mass is 10.2. The van der Waals surface area contributed by atoms with Gasteiger partial charge in [-0.25, -0.2) is 4.39 Å². The van der Waals surface area contributed by atoms with E-state index in [9.17, 15) is 9.18 Å². The Hall–Kier alpha value is -2.31. The molecular weight excluding hydrogens is 227 g/mol. The number of tetrazole rings is 1. The normalized spacial score (nSPS) is 10.2. The summed E-state index contributed by atoms with van der Waals surface area (Å²) in [5.41, 5.74) is 0.147. The Morgan fingerprint density at radius 2 is 2.35 bits per heavy atom. The molecule has 0 aliphatic carbocycles. The molecule has 0 fully saturated rings. The minimum atomic E-state index is -0.599. The molecule has 7 heteroatoms. The van der Waals surface area contributed by atoms with E-state index in [-0.39, 0.29) is 17.9 Å². The number of aldehydes is 1. The van der Waals surface area contributed by atoms with Gasteiger partial charge in [-0.3, -0.25) is 4.79 Å². The fraction of sp³-hybridized carbons (Fsp3) is 0.200. The molecule has 0 bridgehead atoms. The lowest BCUT2D eigenvalue weighted by Crippen LogP contribution is -2.02. The van der Waals surface area contributed by atoms with Crippen LogP contribution in [-0.4, -0.2) is 26.5 Å². The first kappa shape index (κ1) is 11.2. The lowest BCUT2D eigenvalue weighted by molar-refractivity contribution is 0.111. The number of rotatable bonds is 4. The molecule has 17 heavy (non-hydrogen) atoms. The largest absolute Gasteiger partial charge is 0.482 e. The quantitative estimate of drug-likeness (QED) is 0.732. The van der Waals surface area contributed by atoms with Crippen LogP contribution in [0.5, 0.6) is 5.75 Å². The van der Waals surface area contributed by atoms with Crippen LogP contribution < -0.4 is 4.74 Å². The van der Waals surface area contributed by atoms with Crippen LogP contribution in [0.1, 0.15) is 16.2 Å². The molecule has 1 aromatic carbocycles. The molecule has 0 amide bonds. The fourth-order valence-corrected chi connectivity index (χ4v) is 1.29. The summed E-state index contributed by atoms with van der Waals surface area (Å²) in [5, 5.41) is 11.2. The zero-order chi connectivity index (χ0) is 12.3. The molecule has 0 aliphatic rings. The maximum atomic E-state index is 13.4. The van der Waals surface area contributed by atoms with Gasteiger partial charge in [0.05, 0.1) is 12.6 Å². The van der Waals surface area contributed by atoms with Gasteiger partial charge < -0.3 is 4.74 Å². The molecule has 0 saturated carbocycles. The van der Waals surface area contributed by atoms with Crippen LogP contribution in [0.2, 0.25) is 0 Å². The van der Waals surface area contributed by atoms with E-state index >= 15 is 0 Å². The minimum Gasteiger partial charge on any atom is -0.482 e. The molecule has 6 nitrogen and oxygen atoms in total. The Labute approximate surface area is 96.0 Å². The predicted octanol–water partition coefficient (Wildman–Crippen LogP) is 0.741. The molecule has 0 spiro atoms. The molecule has 0 N–H and O–H groups in total. The number of aromatic nitrogens is 4. The Morgan fingerprint density at radius 3 is 3.00 bits per heavy atom. The summed E-state index contributed by atoms with van der Waals surface area (Å²) in [6.45, 7) is -0.0460. The summed E-state index contributed by atoms with van der Waals surface area (Å²) >= 11 is 0. The summed E-state index contributed by atoms with van der Waals surface area (Å²) in [6, 6.07) is 4.12. The number of carbonyl (C=O) groups excluding carboxylic acids is 1. The molecule has 88 valence electrons. The Morgan fingerprint density at radius 1 is 1.53 bits per heavy atom. The summed E-state index contributed by atoms with van der Waals surface area (Å²) in [5.74, 6) is -0.388. The van der Waals surface area contributed by atoms with Crippen LogP contribution in [0.25, 0.3) is 0 Å². The van der Waals surface area contributed by atoms with Crippen molar-refractivity contribution in [2.75, 3.05) is 0 Å². The van der Waals surface area contributed by atoms with E-state index in [0.717, 1.165) is 0 Å². The van der Waals surface area contributed by atoms with Crippen molar-refractivity contribution < 1.29 is 13.9 Å². The summed E-state index contributed by atoms with van der Waals surface area (Å²) in [6.07, 6.45) is 0.530. The molecule has 2 aromatic rings. The van der Waals surface area contributed by atoms with Gasteiger partial charge in [0, 0.05) is 0 Å². The molecule has 0 unspecified atom stereocenters. The predicted molar refractivity (Wildman–Crippen MR) is 54.9 cm³/mol. The van der Waals surface area contributed by atoms with Gasteiger partial charge in [-0.1, -0.05) is 6.07 Å². The molecule has 0 atom stereocenters. The summed E-state index contributed by atoms with van der Waals surface area (Å²) in [7, 11) is 1.61. The molecule has 2 rings (SSSR count). The topological polar surface area (TPSA) is 69.9 Å². The van der Waals surface area contributed by atoms with Crippen molar-refractivity contribution in [1.82, 2.24) is 20.2 Å². The van der Waals surface area contributed by atoms with Crippen LogP contribution in [0.4, 0.5) is 4.39 Å². The second-order valence-corrected chi connectivity index (χ2v) is 3.26. The van der Waals surface area contributed by atoms with Gasteiger partial charge in [0.25, 0.3) is 0 Å². The Balaban J connectivity index is 2.16. The molecule has 1 aromatic heterocycles. The third-order valence-corrected chi connectivity index (χ3v) is 2.02. The van der Waals surface area contributed by atoms with Crippen molar-refractivity contribution >= 4 is 6.29 Å². The number of aryl methyl sites for hydroxylation is 1. The van der Waals surface area contributed by atoms with Gasteiger partial charge in [0.15, 0.2) is 24.5 Å². The number of benzene rings is 1. The minimum absolute atomic E-state index is 0.0460. The number of hydrogen-bond acceptors (Lipinski definition) is 5. The molecule has 0 radical (unpaired) electrons. The van der Waals surface area contributed by atoms with E-state index in [0.29, 0.717) is 12.1 Å². The van der Waals surface area contributed by atoms with Gasteiger partial charge in [-0.05, 0) is 17.3 Å². The number of para-hydroxylation sites is 1. The first-order chi connectivity index (χ1) is 8.20. The maximum Gasteiger partial charge on any atom is 0.212 e. The van der Waals surface area contributed by atoms with Crippen LogP contribution >= 0.6 is 0 Å². The van der Waals surface area contributed by atoms with E-state index in [1.54, 1.807) is 7.05 Å². The molecule has 0 saturated heterocycles. The number of nitrogens with zero attached hydrogens (tertiary/aromatic N) is 4. The second-order valence-electron chi connectivity index (χ2n) is 3.26. The van der Waals surface area contributed by atoms with Crippen LogP contribution in [0, 0.1) is 5.82 Å². The zero-order valence-corrected chi connectivity index (χ0v) is 9.00. The highest BCUT2D eigenvalue weighted by molar-refractivity contribution is 5.79. The zero-order valence-electron chi connectivity index (χ0n) is 9.00.